The van der Waals surface area contributed by atoms with Gasteiger partial charge < -0.3 is 4.90 Å². The lowest BCUT2D eigenvalue weighted by atomic mass is 9.89. The normalized spacial score (nSPS) is 32.8. The number of hydrogen-bond acceptors (Lipinski definition) is 2. The molecular formula is C26H33NS. The summed E-state index contributed by atoms with van der Waals surface area (Å²) in [5.41, 5.74) is 4.91. The highest BCUT2D eigenvalue weighted by molar-refractivity contribution is 8.07. The van der Waals surface area contributed by atoms with Gasteiger partial charge in [0.2, 0.25) is 0 Å². The summed E-state index contributed by atoms with van der Waals surface area (Å²) in [5, 5.41) is 0. The van der Waals surface area contributed by atoms with Gasteiger partial charge >= 0.3 is 0 Å². The highest BCUT2D eigenvalue weighted by Crippen LogP contribution is 2.49. The third-order valence-electron chi connectivity index (χ3n) is 7.09. The van der Waals surface area contributed by atoms with Gasteiger partial charge in [0, 0.05) is 21.5 Å². The lowest BCUT2D eigenvalue weighted by Gasteiger charge is -2.47. The van der Waals surface area contributed by atoms with Gasteiger partial charge in [0.1, 0.15) is 0 Å². The zero-order valence-corrected chi connectivity index (χ0v) is 18.0. The van der Waals surface area contributed by atoms with Crippen LogP contribution < -0.4 is 0 Å². The third kappa shape index (κ3) is 3.61. The van der Waals surface area contributed by atoms with Crippen LogP contribution in [0.3, 0.4) is 0 Å². The molecule has 0 spiro atoms. The van der Waals surface area contributed by atoms with E-state index in [-0.39, 0.29) is 0 Å². The predicted octanol–water partition coefficient (Wildman–Crippen LogP) is 7.42. The Morgan fingerprint density at radius 1 is 1.00 bits per heavy atom. The van der Waals surface area contributed by atoms with Crippen molar-refractivity contribution in [3.63, 3.8) is 0 Å². The van der Waals surface area contributed by atoms with Crippen LogP contribution in [-0.4, -0.2) is 17.0 Å². The lowest BCUT2D eigenvalue weighted by molar-refractivity contribution is 0.216. The molecule has 5 rings (SSSR count). The van der Waals surface area contributed by atoms with Gasteiger partial charge in [-0.05, 0) is 80.9 Å². The lowest BCUT2D eigenvalue weighted by Crippen LogP contribution is -2.45. The minimum Gasteiger partial charge on any atom is -0.360 e. The predicted molar refractivity (Wildman–Crippen MR) is 122 cm³/mol. The van der Waals surface area contributed by atoms with Crippen LogP contribution in [0.5, 0.6) is 0 Å². The molecule has 1 heterocycles. The largest absolute Gasteiger partial charge is 0.360 e. The van der Waals surface area contributed by atoms with Crippen LogP contribution in [0.4, 0.5) is 0 Å². The van der Waals surface area contributed by atoms with Gasteiger partial charge in [-0.15, -0.1) is 0 Å². The van der Waals surface area contributed by atoms with Gasteiger partial charge in [0.25, 0.3) is 0 Å². The topological polar surface area (TPSA) is 3.24 Å². The number of allylic oxidation sites excluding steroid dienone is 8. The van der Waals surface area contributed by atoms with Crippen LogP contribution in [0.1, 0.15) is 71.1 Å². The van der Waals surface area contributed by atoms with E-state index < -0.39 is 0 Å². The van der Waals surface area contributed by atoms with Crippen LogP contribution in [-0.2, 0) is 0 Å². The fourth-order valence-electron chi connectivity index (χ4n) is 5.51. The summed E-state index contributed by atoms with van der Waals surface area (Å²) in [6, 6.07) is 1.15. The summed E-state index contributed by atoms with van der Waals surface area (Å²) in [7, 11) is 0. The third-order valence-corrected chi connectivity index (χ3v) is 8.31. The molecule has 0 fully saturated rings. The standard InChI is InChI=1S/C26H33NS/c1-19-8-7-9-20(15-14-19)21-16-17-24-26(18-21)28-25-13-6-5-12-23(25)27(24)22-10-3-2-4-11-22/h3,5-6,10,13,15,18-19,22-23H,2,4,7-9,11-12,14,16-17H2,1H3/t19-,22+,23-/m1/s1. The molecule has 148 valence electrons. The number of nitrogens with zero attached hydrogens (tertiary/aromatic N) is 1. The molecule has 3 atom stereocenters. The molecule has 0 radical (unpaired) electrons. The summed E-state index contributed by atoms with van der Waals surface area (Å²) >= 11 is 2.06. The Morgan fingerprint density at radius 2 is 1.96 bits per heavy atom. The quantitative estimate of drug-likeness (QED) is 0.450. The maximum atomic E-state index is 2.81. The Morgan fingerprint density at radius 3 is 2.86 bits per heavy atom. The van der Waals surface area contributed by atoms with Crippen LogP contribution in [0, 0.1) is 5.92 Å². The molecule has 4 aliphatic carbocycles. The average Bonchev–Trinajstić information content (AvgIpc) is 2.96. The first-order valence-corrected chi connectivity index (χ1v) is 12.2. The van der Waals surface area contributed by atoms with E-state index in [4.69, 9.17) is 0 Å². The van der Waals surface area contributed by atoms with Crippen molar-refractivity contribution in [3.8, 4) is 0 Å². The van der Waals surface area contributed by atoms with Crippen LogP contribution in [0.15, 0.2) is 69.2 Å². The second-order valence-electron chi connectivity index (χ2n) is 9.13. The minimum absolute atomic E-state index is 0.564. The van der Waals surface area contributed by atoms with E-state index in [9.17, 15) is 0 Å². The van der Waals surface area contributed by atoms with Crippen molar-refractivity contribution >= 4 is 11.8 Å². The maximum absolute atomic E-state index is 2.81. The first kappa shape index (κ1) is 18.6. The number of hydrogen-bond donors (Lipinski definition) is 0. The Bertz CT molecular complexity index is 806. The molecule has 0 bridgehead atoms. The summed E-state index contributed by atoms with van der Waals surface area (Å²) in [5.74, 6) is 0.856. The van der Waals surface area contributed by atoms with E-state index in [1.807, 2.05) is 0 Å². The second-order valence-corrected chi connectivity index (χ2v) is 10.2. The van der Waals surface area contributed by atoms with Crippen molar-refractivity contribution in [2.75, 3.05) is 0 Å². The van der Waals surface area contributed by atoms with Crippen molar-refractivity contribution in [2.24, 2.45) is 5.92 Å². The zero-order chi connectivity index (χ0) is 18.9. The first-order chi connectivity index (χ1) is 13.8. The monoisotopic (exact) mass is 391 g/mol. The molecule has 0 amide bonds. The van der Waals surface area contributed by atoms with E-state index in [1.165, 1.54) is 69.1 Å². The van der Waals surface area contributed by atoms with E-state index >= 15 is 0 Å². The number of thioether (sulfide) groups is 1. The van der Waals surface area contributed by atoms with Gasteiger partial charge in [-0.3, -0.25) is 0 Å². The molecular weight excluding hydrogens is 358 g/mol. The van der Waals surface area contributed by atoms with Gasteiger partial charge in [-0.1, -0.05) is 61.6 Å². The maximum Gasteiger partial charge on any atom is 0.0642 e. The molecule has 28 heavy (non-hydrogen) atoms. The molecule has 0 unspecified atom stereocenters. The van der Waals surface area contributed by atoms with Crippen molar-refractivity contribution < 1.29 is 0 Å². The minimum atomic E-state index is 0.564. The molecule has 0 saturated carbocycles. The van der Waals surface area contributed by atoms with Crippen molar-refractivity contribution in [3.05, 3.63) is 69.2 Å². The Kier molecular flexibility index (Phi) is 5.41. The first-order valence-electron chi connectivity index (χ1n) is 11.4. The molecule has 1 nitrogen and oxygen atoms in total. The highest BCUT2D eigenvalue weighted by Gasteiger charge is 2.37. The molecule has 0 N–H and O–H groups in total. The molecule has 0 aromatic heterocycles. The van der Waals surface area contributed by atoms with E-state index in [0.29, 0.717) is 12.1 Å². The molecule has 2 heteroatoms. The van der Waals surface area contributed by atoms with Crippen LogP contribution >= 0.6 is 11.8 Å². The van der Waals surface area contributed by atoms with Crippen LogP contribution in [0.2, 0.25) is 0 Å². The fraction of sp³-hybridized carbons (Fsp3) is 0.538. The van der Waals surface area contributed by atoms with E-state index in [2.05, 4.69) is 66.1 Å². The SMILES string of the molecule is C[C@H]1CC=C(C2=CC3=C(CC2)N([C@H]2C=CCCC2)[C@@H]2CC=CC=C2S3)CCC1. The Hall–Kier alpha value is -1.41. The molecule has 0 aromatic rings. The second kappa shape index (κ2) is 8.14. The van der Waals surface area contributed by atoms with E-state index in [1.54, 1.807) is 21.7 Å². The summed E-state index contributed by atoms with van der Waals surface area (Å²) in [6.45, 7) is 2.41. The van der Waals surface area contributed by atoms with Crippen molar-refractivity contribution in [1.82, 2.24) is 4.90 Å². The Labute approximate surface area is 175 Å². The Balaban J connectivity index is 1.50. The van der Waals surface area contributed by atoms with Crippen molar-refractivity contribution in [2.45, 2.75) is 83.2 Å². The van der Waals surface area contributed by atoms with Gasteiger partial charge in [-0.25, -0.2) is 0 Å². The van der Waals surface area contributed by atoms with Gasteiger partial charge in [-0.2, -0.15) is 0 Å². The fourth-order valence-corrected chi connectivity index (χ4v) is 6.78. The molecule has 0 saturated heterocycles. The zero-order valence-electron chi connectivity index (χ0n) is 17.2. The molecule has 5 aliphatic rings. The molecule has 1 aliphatic heterocycles. The smallest absolute Gasteiger partial charge is 0.0642 e. The van der Waals surface area contributed by atoms with Crippen LogP contribution in [0.25, 0.3) is 0 Å². The summed E-state index contributed by atoms with van der Waals surface area (Å²) in [4.78, 5) is 5.91. The number of rotatable bonds is 2. The summed E-state index contributed by atoms with van der Waals surface area (Å²) < 4.78 is 0. The number of fused-ring (bicyclic) bond motifs is 1. The van der Waals surface area contributed by atoms with Gasteiger partial charge in [0.05, 0.1) is 6.04 Å². The highest BCUT2D eigenvalue weighted by atomic mass is 32.2. The van der Waals surface area contributed by atoms with Crippen molar-refractivity contribution in [1.29, 1.82) is 0 Å². The van der Waals surface area contributed by atoms with E-state index in [0.717, 1.165) is 5.92 Å². The van der Waals surface area contributed by atoms with Gasteiger partial charge in [0.15, 0.2) is 0 Å². The molecule has 0 aromatic carbocycles. The summed E-state index contributed by atoms with van der Waals surface area (Å²) in [6.07, 6.45) is 29.9. The average molecular weight is 392 g/mol.